The number of aryl methyl sites for hydroxylation is 3. The number of nitrogens with zero attached hydrogens (tertiary/aromatic N) is 2. The highest BCUT2D eigenvalue weighted by atomic mass is 32.1. The summed E-state index contributed by atoms with van der Waals surface area (Å²) in [5.74, 6) is -0.755. The zero-order valence-corrected chi connectivity index (χ0v) is 14.8. The summed E-state index contributed by atoms with van der Waals surface area (Å²) in [4.78, 5) is 38.5. The first-order chi connectivity index (χ1) is 11.4. The molecule has 0 unspecified atom stereocenters. The predicted octanol–water partition coefficient (Wildman–Crippen LogP) is 2.23. The van der Waals surface area contributed by atoms with Crippen LogP contribution in [0.2, 0.25) is 0 Å². The third-order valence-electron chi connectivity index (χ3n) is 4.54. The number of carboxylic acid groups (broad SMARTS) is 1. The molecule has 0 spiro atoms. The Bertz CT molecular complexity index is 904. The van der Waals surface area contributed by atoms with E-state index in [0.717, 1.165) is 47.1 Å². The van der Waals surface area contributed by atoms with Gasteiger partial charge in [-0.3, -0.25) is 14.2 Å². The summed E-state index contributed by atoms with van der Waals surface area (Å²) < 4.78 is 2.50. The van der Waals surface area contributed by atoms with Crippen molar-refractivity contribution in [2.75, 3.05) is 0 Å². The third-order valence-corrected chi connectivity index (χ3v) is 5.86. The summed E-state index contributed by atoms with van der Waals surface area (Å²) in [5, 5.41) is 9.65. The second kappa shape index (κ2) is 6.55. The standard InChI is InChI=1S/C17H22N2O4S/c1-10(2)7-8-18-16-14(11-5-3-4-6-12(11)24-16)15(22)19(17(18)23)9-13(20)21/h10H,3-9H2,1-2H3,(H,20,21). The number of rotatable bonds is 5. The van der Waals surface area contributed by atoms with E-state index in [9.17, 15) is 14.4 Å². The van der Waals surface area contributed by atoms with Gasteiger partial charge >= 0.3 is 11.7 Å². The molecule has 1 aliphatic rings. The van der Waals surface area contributed by atoms with Gasteiger partial charge in [0, 0.05) is 11.4 Å². The molecule has 0 aromatic carbocycles. The monoisotopic (exact) mass is 350 g/mol. The smallest absolute Gasteiger partial charge is 0.332 e. The highest BCUT2D eigenvalue weighted by Gasteiger charge is 2.24. The van der Waals surface area contributed by atoms with Gasteiger partial charge in [0.2, 0.25) is 0 Å². The number of aromatic nitrogens is 2. The number of fused-ring (bicyclic) bond motifs is 3. The molecule has 24 heavy (non-hydrogen) atoms. The first-order valence-electron chi connectivity index (χ1n) is 8.39. The predicted molar refractivity (Wildman–Crippen MR) is 94.1 cm³/mol. The van der Waals surface area contributed by atoms with E-state index in [4.69, 9.17) is 5.11 Å². The van der Waals surface area contributed by atoms with E-state index in [0.29, 0.717) is 17.8 Å². The van der Waals surface area contributed by atoms with Crippen LogP contribution in [0.5, 0.6) is 0 Å². The maximum atomic E-state index is 12.8. The van der Waals surface area contributed by atoms with E-state index in [1.54, 1.807) is 4.57 Å². The minimum Gasteiger partial charge on any atom is -0.480 e. The molecule has 1 aliphatic carbocycles. The van der Waals surface area contributed by atoms with Crippen LogP contribution in [0.3, 0.4) is 0 Å². The van der Waals surface area contributed by atoms with Crippen molar-refractivity contribution in [2.45, 2.75) is 59.0 Å². The van der Waals surface area contributed by atoms with Crippen LogP contribution in [-0.4, -0.2) is 20.2 Å². The van der Waals surface area contributed by atoms with Crippen molar-refractivity contribution in [3.05, 3.63) is 31.3 Å². The fraction of sp³-hybridized carbons (Fsp3) is 0.588. The van der Waals surface area contributed by atoms with Gasteiger partial charge in [-0.05, 0) is 43.6 Å². The molecule has 2 aromatic rings. The molecule has 0 aliphatic heterocycles. The van der Waals surface area contributed by atoms with E-state index in [1.165, 1.54) is 16.2 Å². The van der Waals surface area contributed by atoms with Crippen molar-refractivity contribution in [2.24, 2.45) is 5.92 Å². The van der Waals surface area contributed by atoms with Gasteiger partial charge in [-0.2, -0.15) is 0 Å². The molecule has 2 heterocycles. The van der Waals surface area contributed by atoms with E-state index in [1.807, 2.05) is 0 Å². The largest absolute Gasteiger partial charge is 0.480 e. The zero-order chi connectivity index (χ0) is 17.4. The number of hydrogen-bond acceptors (Lipinski definition) is 4. The minimum atomic E-state index is -1.17. The lowest BCUT2D eigenvalue weighted by Gasteiger charge is -2.13. The molecular formula is C17H22N2O4S. The Hall–Kier alpha value is -1.89. The van der Waals surface area contributed by atoms with E-state index < -0.39 is 23.8 Å². The van der Waals surface area contributed by atoms with Gasteiger partial charge in [0.15, 0.2) is 0 Å². The lowest BCUT2D eigenvalue weighted by molar-refractivity contribution is -0.137. The van der Waals surface area contributed by atoms with Crippen LogP contribution in [0, 0.1) is 5.92 Å². The molecule has 1 N–H and O–H groups in total. The summed E-state index contributed by atoms with van der Waals surface area (Å²) in [6.07, 6.45) is 4.70. The fourth-order valence-electron chi connectivity index (χ4n) is 3.28. The van der Waals surface area contributed by atoms with Crippen LogP contribution in [0.15, 0.2) is 9.59 Å². The quantitative estimate of drug-likeness (QED) is 0.897. The first kappa shape index (κ1) is 17.0. The van der Waals surface area contributed by atoms with Gasteiger partial charge in [0.25, 0.3) is 5.56 Å². The van der Waals surface area contributed by atoms with E-state index >= 15 is 0 Å². The molecule has 3 rings (SSSR count). The summed E-state index contributed by atoms with van der Waals surface area (Å²) >= 11 is 1.54. The highest BCUT2D eigenvalue weighted by molar-refractivity contribution is 7.18. The molecule has 130 valence electrons. The average molecular weight is 350 g/mol. The van der Waals surface area contributed by atoms with Gasteiger partial charge in [0.05, 0.1) is 5.39 Å². The normalized spacial score (nSPS) is 14.3. The van der Waals surface area contributed by atoms with Crippen LogP contribution < -0.4 is 11.2 Å². The zero-order valence-electron chi connectivity index (χ0n) is 14.0. The Morgan fingerprint density at radius 1 is 1.21 bits per heavy atom. The summed E-state index contributed by atoms with van der Waals surface area (Å²) in [6, 6.07) is 0. The summed E-state index contributed by atoms with van der Waals surface area (Å²) in [6.45, 7) is 4.08. The van der Waals surface area contributed by atoms with E-state index in [-0.39, 0.29) is 0 Å². The number of hydrogen-bond donors (Lipinski definition) is 1. The molecule has 0 atom stereocenters. The second-order valence-corrected chi connectivity index (χ2v) is 7.88. The van der Waals surface area contributed by atoms with Gasteiger partial charge in [0.1, 0.15) is 11.4 Å². The molecule has 0 saturated heterocycles. The molecule has 0 saturated carbocycles. The summed E-state index contributed by atoms with van der Waals surface area (Å²) in [7, 11) is 0. The van der Waals surface area contributed by atoms with Crippen LogP contribution in [-0.2, 0) is 30.7 Å². The van der Waals surface area contributed by atoms with Crippen LogP contribution >= 0.6 is 11.3 Å². The number of carbonyl (C=O) groups is 1. The van der Waals surface area contributed by atoms with Gasteiger partial charge in [-0.15, -0.1) is 11.3 Å². The topological polar surface area (TPSA) is 81.3 Å². The van der Waals surface area contributed by atoms with Crippen LogP contribution in [0.1, 0.15) is 43.6 Å². The first-order valence-corrected chi connectivity index (χ1v) is 9.21. The molecule has 0 radical (unpaired) electrons. The van der Waals surface area contributed by atoms with Crippen molar-refractivity contribution in [1.29, 1.82) is 0 Å². The Balaban J connectivity index is 2.30. The molecule has 0 bridgehead atoms. The third kappa shape index (κ3) is 2.92. The van der Waals surface area contributed by atoms with Crippen LogP contribution in [0.4, 0.5) is 0 Å². The van der Waals surface area contributed by atoms with Gasteiger partial charge in [-0.1, -0.05) is 13.8 Å². The average Bonchev–Trinajstić information content (AvgIpc) is 2.90. The lowest BCUT2D eigenvalue weighted by atomic mass is 9.97. The van der Waals surface area contributed by atoms with Gasteiger partial charge < -0.3 is 5.11 Å². The molecule has 0 fully saturated rings. The fourth-order valence-corrected chi connectivity index (χ4v) is 4.67. The lowest BCUT2D eigenvalue weighted by Crippen LogP contribution is -2.41. The Morgan fingerprint density at radius 2 is 1.92 bits per heavy atom. The summed E-state index contributed by atoms with van der Waals surface area (Å²) in [5.41, 5.74) is 0.0791. The molecule has 7 heteroatoms. The van der Waals surface area contributed by atoms with Crippen molar-refractivity contribution in [3.8, 4) is 0 Å². The maximum Gasteiger partial charge on any atom is 0.332 e. The number of carboxylic acids is 1. The van der Waals surface area contributed by atoms with Crippen molar-refractivity contribution in [3.63, 3.8) is 0 Å². The Morgan fingerprint density at radius 3 is 2.58 bits per heavy atom. The van der Waals surface area contributed by atoms with Crippen molar-refractivity contribution < 1.29 is 9.90 Å². The highest BCUT2D eigenvalue weighted by Crippen LogP contribution is 2.34. The Labute approximate surface area is 143 Å². The van der Waals surface area contributed by atoms with Crippen molar-refractivity contribution in [1.82, 2.24) is 9.13 Å². The molecule has 6 nitrogen and oxygen atoms in total. The molecular weight excluding hydrogens is 328 g/mol. The molecule has 0 amide bonds. The van der Waals surface area contributed by atoms with Gasteiger partial charge in [-0.25, -0.2) is 9.36 Å². The SMILES string of the molecule is CC(C)CCn1c(=O)n(CC(=O)O)c(=O)c2c3c(sc21)CCCC3. The second-order valence-electron chi connectivity index (χ2n) is 6.79. The van der Waals surface area contributed by atoms with Crippen molar-refractivity contribution >= 4 is 27.5 Å². The maximum absolute atomic E-state index is 12.8. The molecule has 2 aromatic heterocycles. The minimum absolute atomic E-state index is 0.418. The number of aliphatic carboxylic acids is 1. The Kier molecular flexibility index (Phi) is 4.62. The van der Waals surface area contributed by atoms with E-state index in [2.05, 4.69) is 13.8 Å². The van der Waals surface area contributed by atoms with Crippen LogP contribution in [0.25, 0.3) is 10.2 Å². The number of thiophene rings is 1.